The first-order valence-electron chi connectivity index (χ1n) is 10.1. The molecule has 2 saturated heterocycles. The summed E-state index contributed by atoms with van der Waals surface area (Å²) in [6.07, 6.45) is 6.28. The average molecular weight is 383 g/mol. The Labute approximate surface area is 166 Å². The van der Waals surface area contributed by atoms with Crippen molar-refractivity contribution < 1.29 is 9.53 Å². The Bertz CT molecular complexity index is 792. The van der Waals surface area contributed by atoms with Crippen LogP contribution in [0.1, 0.15) is 28.8 Å². The SMILES string of the molecule is Cn1cc(NC(=O)c2cccc(CN3CCN(C[C@@H]4CCCO4)CC3)c2)cn1. The summed E-state index contributed by atoms with van der Waals surface area (Å²) in [6.45, 7) is 7.15. The molecule has 1 aromatic carbocycles. The molecule has 7 heteroatoms. The highest BCUT2D eigenvalue weighted by atomic mass is 16.5. The lowest BCUT2D eigenvalue weighted by molar-refractivity contribution is 0.0489. The number of carbonyl (C=O) groups excluding carboxylic acids is 1. The molecule has 1 aromatic heterocycles. The van der Waals surface area contributed by atoms with Gasteiger partial charge in [-0.25, -0.2) is 0 Å². The molecule has 0 radical (unpaired) electrons. The number of anilines is 1. The van der Waals surface area contributed by atoms with Gasteiger partial charge in [-0.05, 0) is 30.5 Å². The van der Waals surface area contributed by atoms with Crippen LogP contribution in [0.3, 0.4) is 0 Å². The van der Waals surface area contributed by atoms with Gasteiger partial charge >= 0.3 is 0 Å². The molecule has 1 N–H and O–H groups in total. The van der Waals surface area contributed by atoms with Gasteiger partial charge in [-0.2, -0.15) is 5.10 Å². The van der Waals surface area contributed by atoms with Gasteiger partial charge in [0.05, 0.1) is 18.0 Å². The van der Waals surface area contributed by atoms with E-state index >= 15 is 0 Å². The summed E-state index contributed by atoms with van der Waals surface area (Å²) in [5.41, 5.74) is 2.56. The zero-order valence-electron chi connectivity index (χ0n) is 16.5. The van der Waals surface area contributed by atoms with Crippen molar-refractivity contribution in [1.29, 1.82) is 0 Å². The topological polar surface area (TPSA) is 62.6 Å². The zero-order chi connectivity index (χ0) is 19.3. The second-order valence-corrected chi connectivity index (χ2v) is 7.77. The first-order valence-corrected chi connectivity index (χ1v) is 10.1. The van der Waals surface area contributed by atoms with Gasteiger partial charge in [0, 0.05) is 64.7 Å². The van der Waals surface area contributed by atoms with E-state index in [1.807, 2.05) is 25.2 Å². The molecule has 28 heavy (non-hydrogen) atoms. The molecule has 0 bridgehead atoms. The number of piperazine rings is 1. The third kappa shape index (κ3) is 4.98. The summed E-state index contributed by atoms with van der Waals surface area (Å²) < 4.78 is 7.43. The van der Waals surface area contributed by atoms with Crippen LogP contribution in [0.15, 0.2) is 36.7 Å². The summed E-state index contributed by atoms with van der Waals surface area (Å²) in [7, 11) is 1.83. The van der Waals surface area contributed by atoms with E-state index in [-0.39, 0.29) is 5.91 Å². The number of aromatic nitrogens is 2. The quantitative estimate of drug-likeness (QED) is 0.826. The summed E-state index contributed by atoms with van der Waals surface area (Å²) in [5, 5.41) is 6.98. The van der Waals surface area contributed by atoms with Gasteiger partial charge in [-0.1, -0.05) is 12.1 Å². The molecular weight excluding hydrogens is 354 g/mol. The molecule has 0 saturated carbocycles. The van der Waals surface area contributed by atoms with Crippen LogP contribution in [-0.2, 0) is 18.3 Å². The smallest absolute Gasteiger partial charge is 0.255 e. The van der Waals surface area contributed by atoms with E-state index in [1.165, 1.54) is 18.4 Å². The summed E-state index contributed by atoms with van der Waals surface area (Å²) in [6, 6.07) is 7.90. The number of ether oxygens (including phenoxy) is 1. The number of hydrogen-bond donors (Lipinski definition) is 1. The number of rotatable bonds is 6. The Morgan fingerprint density at radius 3 is 2.79 bits per heavy atom. The van der Waals surface area contributed by atoms with Crippen LogP contribution in [0.25, 0.3) is 0 Å². The lowest BCUT2D eigenvalue weighted by Gasteiger charge is -2.35. The molecule has 0 aliphatic carbocycles. The van der Waals surface area contributed by atoms with Crippen LogP contribution in [0.5, 0.6) is 0 Å². The van der Waals surface area contributed by atoms with E-state index < -0.39 is 0 Å². The van der Waals surface area contributed by atoms with Gasteiger partial charge in [0.15, 0.2) is 0 Å². The van der Waals surface area contributed by atoms with Gasteiger partial charge in [-0.3, -0.25) is 19.3 Å². The first-order chi connectivity index (χ1) is 13.7. The van der Waals surface area contributed by atoms with Gasteiger partial charge in [0.2, 0.25) is 0 Å². The molecule has 0 unspecified atom stereocenters. The Balaban J connectivity index is 1.28. The van der Waals surface area contributed by atoms with Crippen molar-refractivity contribution in [3.8, 4) is 0 Å². The van der Waals surface area contributed by atoms with E-state index in [0.29, 0.717) is 17.4 Å². The molecule has 2 aliphatic heterocycles. The van der Waals surface area contributed by atoms with Gasteiger partial charge in [0.1, 0.15) is 0 Å². The van der Waals surface area contributed by atoms with Crippen LogP contribution in [0.4, 0.5) is 5.69 Å². The molecule has 3 heterocycles. The minimum atomic E-state index is -0.101. The monoisotopic (exact) mass is 383 g/mol. The summed E-state index contributed by atoms with van der Waals surface area (Å²) in [5.74, 6) is -0.101. The molecule has 1 atom stereocenters. The summed E-state index contributed by atoms with van der Waals surface area (Å²) >= 11 is 0. The Hall–Kier alpha value is -2.22. The molecule has 0 spiro atoms. The predicted molar refractivity (Wildman–Crippen MR) is 108 cm³/mol. The van der Waals surface area contributed by atoms with E-state index in [9.17, 15) is 4.79 Å². The number of carbonyl (C=O) groups is 1. The lowest BCUT2D eigenvalue weighted by Crippen LogP contribution is -2.48. The largest absolute Gasteiger partial charge is 0.377 e. The Morgan fingerprint density at radius 1 is 1.25 bits per heavy atom. The third-order valence-electron chi connectivity index (χ3n) is 5.51. The maximum atomic E-state index is 12.5. The van der Waals surface area contributed by atoms with Crippen molar-refractivity contribution in [2.24, 2.45) is 7.05 Å². The van der Waals surface area contributed by atoms with Crippen molar-refractivity contribution >= 4 is 11.6 Å². The van der Waals surface area contributed by atoms with E-state index in [0.717, 1.165) is 45.9 Å². The number of hydrogen-bond acceptors (Lipinski definition) is 5. The Kier molecular flexibility index (Phi) is 6.04. The molecule has 1 amide bonds. The molecule has 2 fully saturated rings. The number of nitrogens with zero attached hydrogens (tertiary/aromatic N) is 4. The average Bonchev–Trinajstić information content (AvgIpc) is 3.35. The fourth-order valence-electron chi connectivity index (χ4n) is 3.96. The number of aryl methyl sites for hydroxylation is 1. The van der Waals surface area contributed by atoms with Crippen LogP contribution < -0.4 is 5.32 Å². The van der Waals surface area contributed by atoms with E-state index in [2.05, 4.69) is 26.3 Å². The standard InChI is InChI=1S/C21H29N5O2/c1-24-15-19(13-22-24)23-21(27)18-5-2-4-17(12-18)14-25-7-9-26(10-8-25)16-20-6-3-11-28-20/h2,4-5,12-13,15,20H,3,6-11,14,16H2,1H3,(H,23,27)/t20-/m0/s1. The fourth-order valence-corrected chi connectivity index (χ4v) is 3.96. The molecule has 7 nitrogen and oxygen atoms in total. The molecule has 4 rings (SSSR count). The van der Waals surface area contributed by atoms with Crippen molar-refractivity contribution in [3.63, 3.8) is 0 Å². The minimum absolute atomic E-state index is 0.101. The lowest BCUT2D eigenvalue weighted by atomic mass is 10.1. The highest BCUT2D eigenvalue weighted by Gasteiger charge is 2.23. The third-order valence-corrected chi connectivity index (χ3v) is 5.51. The highest BCUT2D eigenvalue weighted by Crippen LogP contribution is 2.16. The van der Waals surface area contributed by atoms with Crippen molar-refractivity contribution in [2.45, 2.75) is 25.5 Å². The predicted octanol–water partition coefficient (Wildman–Crippen LogP) is 1.97. The van der Waals surface area contributed by atoms with Crippen molar-refractivity contribution in [2.75, 3.05) is 44.6 Å². The zero-order valence-corrected chi connectivity index (χ0v) is 16.5. The first kappa shape index (κ1) is 19.1. The molecule has 2 aromatic rings. The van der Waals surface area contributed by atoms with E-state index in [1.54, 1.807) is 17.1 Å². The second-order valence-electron chi connectivity index (χ2n) is 7.77. The van der Waals surface area contributed by atoms with E-state index in [4.69, 9.17) is 4.74 Å². The van der Waals surface area contributed by atoms with Gasteiger partial charge in [0.25, 0.3) is 5.91 Å². The number of benzene rings is 1. The number of nitrogens with one attached hydrogen (secondary N) is 1. The number of amides is 1. The fraction of sp³-hybridized carbons (Fsp3) is 0.524. The highest BCUT2D eigenvalue weighted by molar-refractivity contribution is 6.04. The second kappa shape index (κ2) is 8.86. The van der Waals surface area contributed by atoms with Gasteiger partial charge in [-0.15, -0.1) is 0 Å². The van der Waals surface area contributed by atoms with Crippen LogP contribution >= 0.6 is 0 Å². The molecule has 2 aliphatic rings. The van der Waals surface area contributed by atoms with Crippen LogP contribution in [0.2, 0.25) is 0 Å². The van der Waals surface area contributed by atoms with Gasteiger partial charge < -0.3 is 10.1 Å². The molecular formula is C21H29N5O2. The molecule has 150 valence electrons. The van der Waals surface area contributed by atoms with Crippen molar-refractivity contribution in [3.05, 3.63) is 47.8 Å². The van der Waals surface area contributed by atoms with Crippen molar-refractivity contribution in [1.82, 2.24) is 19.6 Å². The van der Waals surface area contributed by atoms with Crippen LogP contribution in [0, 0.1) is 0 Å². The van der Waals surface area contributed by atoms with Crippen LogP contribution in [-0.4, -0.2) is 70.9 Å². The minimum Gasteiger partial charge on any atom is -0.377 e. The normalized spacial score (nSPS) is 21.1. The maximum absolute atomic E-state index is 12.5. The maximum Gasteiger partial charge on any atom is 0.255 e. The Morgan fingerprint density at radius 2 is 2.07 bits per heavy atom. The summed E-state index contributed by atoms with van der Waals surface area (Å²) in [4.78, 5) is 17.5.